The molecule has 0 aromatic carbocycles. The number of hydrogen-bond donors (Lipinski definition) is 3. The molecule has 0 spiro atoms. The Morgan fingerprint density at radius 1 is 1.38 bits per heavy atom. The first kappa shape index (κ1) is 16.2. The Bertz CT molecular complexity index is 76.4. The van der Waals surface area contributed by atoms with E-state index in [2.05, 4.69) is 10.5 Å². The van der Waals surface area contributed by atoms with E-state index in [-0.39, 0.29) is 20.3 Å². The van der Waals surface area contributed by atoms with Gasteiger partial charge < -0.3 is 16.1 Å². The maximum atomic E-state index is 8.88. The van der Waals surface area contributed by atoms with E-state index in [4.69, 9.17) is 19.2 Å². The Morgan fingerprint density at radius 2 is 1.38 bits per heavy atom. The van der Waals surface area contributed by atoms with Gasteiger partial charge in [0.15, 0.2) is 0 Å². The van der Waals surface area contributed by atoms with Crippen LogP contribution in [0.15, 0.2) is 0 Å². The maximum absolute atomic E-state index is 8.88. The summed E-state index contributed by atoms with van der Waals surface area (Å²) in [6, 6.07) is 0. The zero-order chi connectivity index (χ0) is 6.50. The summed E-state index contributed by atoms with van der Waals surface area (Å²) in [6.45, 7) is 0. The van der Waals surface area contributed by atoms with Crippen molar-refractivity contribution in [1.82, 2.24) is 0 Å². The molecule has 0 saturated heterocycles. The van der Waals surface area contributed by atoms with Crippen molar-refractivity contribution in [3.05, 3.63) is 0 Å². The van der Waals surface area contributed by atoms with E-state index in [0.29, 0.717) is 0 Å². The average molecular weight is 213 g/mol. The Balaban J connectivity index is -0.0000000286. The molecule has 4 nitrogen and oxygen atoms in total. The van der Waals surface area contributed by atoms with Gasteiger partial charge in [-0.3, -0.25) is 0 Å². The molecule has 0 saturated carbocycles. The molecule has 8 heteroatoms. The van der Waals surface area contributed by atoms with Crippen molar-refractivity contribution < 1.29 is 39.5 Å². The summed E-state index contributed by atoms with van der Waals surface area (Å²) in [5, 5.41) is 0. The summed E-state index contributed by atoms with van der Waals surface area (Å²) in [4.78, 5) is 21.6. The quantitative estimate of drug-likeness (QED) is 0.281. The van der Waals surface area contributed by atoms with Crippen molar-refractivity contribution in [3.63, 3.8) is 0 Å². The van der Waals surface area contributed by atoms with E-state index in [0.717, 1.165) is 14.9 Å². The van der Waals surface area contributed by atoms with Gasteiger partial charge in [0.25, 0.3) is 0 Å². The van der Waals surface area contributed by atoms with Crippen molar-refractivity contribution >= 4 is 33.1 Å². The third-order valence-electron chi connectivity index (χ3n) is 0. The molecule has 0 aliphatic heterocycles. The molecule has 0 radical (unpaired) electrons. The van der Waals surface area contributed by atoms with E-state index in [1.165, 1.54) is 0 Å². The molecular weight excluding hydrogens is 207 g/mol. The molecule has 3 N–H and O–H groups in total. The second-order valence-electron chi connectivity index (χ2n) is 0.513. The first-order valence-corrected chi connectivity index (χ1v) is 6.85. The van der Waals surface area contributed by atoms with Gasteiger partial charge in [0.2, 0.25) is 0 Å². The van der Waals surface area contributed by atoms with E-state index >= 15 is 0 Å². The van der Waals surface area contributed by atoms with Crippen molar-refractivity contribution in [2.75, 3.05) is 0 Å². The number of phosphoric acid groups is 1. The summed E-state index contributed by atoms with van der Waals surface area (Å²) >= 11 is 0.958. The van der Waals surface area contributed by atoms with Crippen molar-refractivity contribution in [2.24, 2.45) is 0 Å². The number of rotatable bonds is 0. The molecule has 0 fully saturated rings. The van der Waals surface area contributed by atoms with Crippen molar-refractivity contribution in [2.45, 2.75) is 0 Å². The van der Waals surface area contributed by atoms with E-state index in [9.17, 15) is 0 Å². The predicted octanol–water partition coefficient (Wildman–Crippen LogP) is -4.08. The normalized spacial score (nSPS) is 7.88. The van der Waals surface area contributed by atoms with Gasteiger partial charge in [0, 0.05) is 0 Å². The molecule has 0 amide bonds. The molecule has 0 rings (SSSR count). The zero-order valence-electron chi connectivity index (χ0n) is 5.31. The summed E-state index contributed by atoms with van der Waals surface area (Å²) in [5.74, 6) is 0. The molecule has 0 heterocycles. The average Bonchev–Trinajstić information content (AvgIpc) is 1.36. The molecule has 0 aromatic rings. The van der Waals surface area contributed by atoms with Gasteiger partial charge >= 0.3 is 52.0 Å². The minimum atomic E-state index is -4.64. The second kappa shape index (κ2) is 8.47. The van der Waals surface area contributed by atoms with Crippen LogP contribution in [0.5, 0.6) is 0 Å². The number of hydrogen-bond acceptors (Lipinski definition) is 2. The molecular formula is H6GeLiO4PS. The van der Waals surface area contributed by atoms with E-state index in [1.54, 1.807) is 0 Å². The fourth-order valence-corrected chi connectivity index (χ4v) is 0. The first-order chi connectivity index (χ1) is 3.00. The van der Waals surface area contributed by atoms with Crippen LogP contribution in [0.25, 0.3) is 0 Å². The summed E-state index contributed by atoms with van der Waals surface area (Å²) < 4.78 is 8.88. The summed E-state index contributed by atoms with van der Waals surface area (Å²) in [7, 11) is -0.431. The fraction of sp³-hybridized carbons (Fsp3) is 0. The molecule has 46 valence electrons. The van der Waals surface area contributed by atoms with Gasteiger partial charge in [0.05, 0.1) is 0 Å². The van der Waals surface area contributed by atoms with Gasteiger partial charge in [0.1, 0.15) is 0 Å². The Labute approximate surface area is 72.6 Å². The van der Waals surface area contributed by atoms with Crippen LogP contribution in [0.3, 0.4) is 0 Å². The standard InChI is InChI=1S/GeH2S.Li.H3O4P.H/c1-2;;1-5(2,3)4;/h1H2;;(H3,1,2,3,4);/q;+1;;-1. The zero-order valence-corrected chi connectivity index (χ0v) is 8.99. The molecule has 0 aromatic heterocycles. The van der Waals surface area contributed by atoms with Crippen molar-refractivity contribution in [3.8, 4) is 0 Å². The molecule has 8 heavy (non-hydrogen) atoms. The molecule has 0 aliphatic rings. The minimum absolute atomic E-state index is 0. The topological polar surface area (TPSA) is 77.8 Å². The Kier molecular flexibility index (Phi) is 17.2. The van der Waals surface area contributed by atoms with Gasteiger partial charge in [-0.15, -0.1) is 0 Å². The SMILES string of the molecule is O=P(O)(O)O.[H-].[Li+].[S]=[GeH2]. The van der Waals surface area contributed by atoms with Crippen LogP contribution in [0, 0.1) is 0 Å². The molecule has 0 unspecified atom stereocenters. The van der Waals surface area contributed by atoms with Crippen LogP contribution < -0.4 is 18.9 Å². The predicted molar refractivity (Wildman–Crippen MR) is 31.5 cm³/mol. The van der Waals surface area contributed by atoms with Crippen LogP contribution in [-0.4, -0.2) is 29.5 Å². The van der Waals surface area contributed by atoms with Crippen LogP contribution in [0.1, 0.15) is 1.43 Å². The molecule has 0 aliphatic carbocycles. The Morgan fingerprint density at radius 3 is 1.38 bits per heavy atom. The first-order valence-electron chi connectivity index (χ1n) is 1.07. The Hall–Kier alpha value is 1.47. The monoisotopic (exact) mass is 214 g/mol. The van der Waals surface area contributed by atoms with Crippen LogP contribution >= 0.6 is 18.3 Å². The van der Waals surface area contributed by atoms with Gasteiger partial charge in [-0.25, -0.2) is 4.57 Å². The molecule has 0 bridgehead atoms. The van der Waals surface area contributed by atoms with Crippen molar-refractivity contribution in [1.29, 1.82) is 0 Å². The third-order valence-corrected chi connectivity index (χ3v) is 0. The van der Waals surface area contributed by atoms with E-state index < -0.39 is 7.82 Å². The second-order valence-corrected chi connectivity index (χ2v) is 1.54. The van der Waals surface area contributed by atoms with E-state index in [1.807, 2.05) is 0 Å². The van der Waals surface area contributed by atoms with Crippen LogP contribution in [0.2, 0.25) is 0 Å². The summed E-state index contributed by atoms with van der Waals surface area (Å²) in [6.07, 6.45) is 0. The molecule has 0 atom stereocenters. The van der Waals surface area contributed by atoms with Crippen LogP contribution in [-0.2, 0) is 4.57 Å². The van der Waals surface area contributed by atoms with Gasteiger partial charge in [-0.05, 0) is 0 Å². The fourth-order valence-electron chi connectivity index (χ4n) is 0. The van der Waals surface area contributed by atoms with Gasteiger partial charge in [-0.2, -0.15) is 0 Å². The van der Waals surface area contributed by atoms with Crippen LogP contribution in [0.4, 0.5) is 0 Å². The summed E-state index contributed by atoms with van der Waals surface area (Å²) in [5.41, 5.74) is 0. The van der Waals surface area contributed by atoms with Gasteiger partial charge in [-0.1, -0.05) is 0 Å². The third kappa shape index (κ3) is 145.